The van der Waals surface area contributed by atoms with Gasteiger partial charge in [0, 0.05) is 11.3 Å². The largest absolute Gasteiger partial charge is 0.497 e. The first-order valence-corrected chi connectivity index (χ1v) is 7.97. The summed E-state index contributed by atoms with van der Waals surface area (Å²) in [6.45, 7) is 0.458. The maximum atomic E-state index is 12.2. The molecule has 0 aromatic heterocycles. The van der Waals surface area contributed by atoms with Crippen LogP contribution < -0.4 is 14.8 Å². The van der Waals surface area contributed by atoms with Gasteiger partial charge in [-0.15, -0.1) is 0 Å². The minimum atomic E-state index is -0.145. The highest BCUT2D eigenvalue weighted by molar-refractivity contribution is 6.04. The van der Waals surface area contributed by atoms with Crippen LogP contribution in [0.1, 0.15) is 15.9 Å². The third-order valence-corrected chi connectivity index (χ3v) is 3.71. The molecule has 0 aliphatic carbocycles. The molecule has 0 fully saturated rings. The van der Waals surface area contributed by atoms with Crippen molar-refractivity contribution < 1.29 is 14.3 Å². The number of hydrogen-bond acceptors (Lipinski definition) is 3. The molecule has 3 aromatic rings. The van der Waals surface area contributed by atoms with Gasteiger partial charge in [-0.2, -0.15) is 0 Å². The van der Waals surface area contributed by atoms with Gasteiger partial charge < -0.3 is 14.8 Å². The summed E-state index contributed by atoms with van der Waals surface area (Å²) < 4.78 is 10.9. The molecule has 0 bridgehead atoms. The molecule has 0 atom stereocenters. The smallest absolute Gasteiger partial charge is 0.255 e. The molecule has 0 aliphatic rings. The Bertz CT molecular complexity index is 812. The minimum absolute atomic E-state index is 0.145. The summed E-state index contributed by atoms with van der Waals surface area (Å²) in [6.07, 6.45) is 0. The molecule has 3 rings (SSSR count). The second-order valence-electron chi connectivity index (χ2n) is 5.48. The normalized spacial score (nSPS) is 10.1. The van der Waals surface area contributed by atoms with Crippen molar-refractivity contribution in [1.29, 1.82) is 0 Å². The Labute approximate surface area is 147 Å². The quantitative estimate of drug-likeness (QED) is 0.721. The van der Waals surface area contributed by atoms with Gasteiger partial charge in [0.25, 0.3) is 5.91 Å². The van der Waals surface area contributed by atoms with E-state index in [-0.39, 0.29) is 5.91 Å². The molecule has 1 amide bonds. The maximum absolute atomic E-state index is 12.2. The van der Waals surface area contributed by atoms with E-state index in [1.165, 1.54) is 0 Å². The van der Waals surface area contributed by atoms with Crippen LogP contribution in [0.5, 0.6) is 11.5 Å². The van der Waals surface area contributed by atoms with Gasteiger partial charge in [-0.25, -0.2) is 0 Å². The average Bonchev–Trinajstić information content (AvgIpc) is 2.68. The van der Waals surface area contributed by atoms with Crippen molar-refractivity contribution in [3.63, 3.8) is 0 Å². The molecule has 0 saturated heterocycles. The standard InChI is InChI=1S/C21H19NO3/c1-24-19-11-7-16(8-12-19)15-25-20-13-9-17(10-14-20)21(23)22-18-5-3-2-4-6-18/h2-14H,15H2,1H3,(H,22,23). The Morgan fingerprint density at radius 2 is 1.48 bits per heavy atom. The number of para-hydroxylation sites is 1. The van der Waals surface area contributed by atoms with E-state index in [9.17, 15) is 4.79 Å². The lowest BCUT2D eigenvalue weighted by Crippen LogP contribution is -2.11. The van der Waals surface area contributed by atoms with Crippen LogP contribution in [0.4, 0.5) is 5.69 Å². The molecule has 126 valence electrons. The van der Waals surface area contributed by atoms with Crippen LogP contribution >= 0.6 is 0 Å². The average molecular weight is 333 g/mol. The molecule has 0 unspecified atom stereocenters. The van der Waals surface area contributed by atoms with Gasteiger partial charge in [0.05, 0.1) is 7.11 Å². The molecular formula is C21H19NO3. The summed E-state index contributed by atoms with van der Waals surface area (Å²) in [4.78, 5) is 12.2. The van der Waals surface area contributed by atoms with Crippen molar-refractivity contribution >= 4 is 11.6 Å². The molecule has 0 spiro atoms. The highest BCUT2D eigenvalue weighted by atomic mass is 16.5. The fraction of sp³-hybridized carbons (Fsp3) is 0.0952. The molecule has 0 saturated carbocycles. The topological polar surface area (TPSA) is 47.6 Å². The number of methoxy groups -OCH3 is 1. The molecule has 0 radical (unpaired) electrons. The number of ether oxygens (including phenoxy) is 2. The number of amides is 1. The zero-order valence-electron chi connectivity index (χ0n) is 13.9. The Morgan fingerprint density at radius 1 is 0.840 bits per heavy atom. The number of rotatable bonds is 6. The Kier molecular flexibility index (Phi) is 5.32. The fourth-order valence-corrected chi connectivity index (χ4v) is 2.32. The molecule has 3 aromatic carbocycles. The highest BCUT2D eigenvalue weighted by Gasteiger charge is 2.06. The van der Waals surface area contributed by atoms with Crippen molar-refractivity contribution in [2.75, 3.05) is 12.4 Å². The number of anilines is 1. The van der Waals surface area contributed by atoms with E-state index >= 15 is 0 Å². The van der Waals surface area contributed by atoms with Gasteiger partial charge in [0.1, 0.15) is 18.1 Å². The number of carbonyl (C=O) groups is 1. The molecule has 4 nitrogen and oxygen atoms in total. The summed E-state index contributed by atoms with van der Waals surface area (Å²) >= 11 is 0. The van der Waals surface area contributed by atoms with E-state index in [0.717, 1.165) is 17.0 Å². The third-order valence-electron chi connectivity index (χ3n) is 3.71. The first-order valence-electron chi connectivity index (χ1n) is 7.97. The summed E-state index contributed by atoms with van der Waals surface area (Å²) in [7, 11) is 1.64. The lowest BCUT2D eigenvalue weighted by atomic mass is 10.2. The third kappa shape index (κ3) is 4.61. The monoisotopic (exact) mass is 333 g/mol. The second-order valence-corrected chi connectivity index (χ2v) is 5.48. The van der Waals surface area contributed by atoms with Crippen molar-refractivity contribution in [3.8, 4) is 11.5 Å². The summed E-state index contributed by atoms with van der Waals surface area (Å²) in [6, 6.07) is 24.2. The van der Waals surface area contributed by atoms with Crippen molar-refractivity contribution in [3.05, 3.63) is 90.0 Å². The first kappa shape index (κ1) is 16.6. The predicted octanol–water partition coefficient (Wildman–Crippen LogP) is 4.53. The number of hydrogen-bond donors (Lipinski definition) is 1. The molecule has 1 N–H and O–H groups in total. The zero-order valence-corrected chi connectivity index (χ0v) is 13.9. The Hall–Kier alpha value is -3.27. The minimum Gasteiger partial charge on any atom is -0.497 e. The van der Waals surface area contributed by atoms with Crippen LogP contribution in [0.2, 0.25) is 0 Å². The SMILES string of the molecule is COc1ccc(COc2ccc(C(=O)Nc3ccccc3)cc2)cc1. The molecule has 0 heterocycles. The van der Waals surface area contributed by atoms with Gasteiger partial charge in [-0.1, -0.05) is 30.3 Å². The summed E-state index contributed by atoms with van der Waals surface area (Å²) in [5.41, 5.74) is 2.40. The van der Waals surface area contributed by atoms with E-state index in [1.807, 2.05) is 54.6 Å². The van der Waals surface area contributed by atoms with Gasteiger partial charge in [-0.3, -0.25) is 4.79 Å². The molecule has 4 heteroatoms. The van der Waals surface area contributed by atoms with Gasteiger partial charge in [0.15, 0.2) is 0 Å². The van der Waals surface area contributed by atoms with Crippen LogP contribution in [0.25, 0.3) is 0 Å². The second kappa shape index (κ2) is 8.02. The van der Waals surface area contributed by atoms with Gasteiger partial charge >= 0.3 is 0 Å². The number of benzene rings is 3. The predicted molar refractivity (Wildman–Crippen MR) is 98.2 cm³/mol. The Balaban J connectivity index is 1.57. The van der Waals surface area contributed by atoms with E-state index in [0.29, 0.717) is 17.9 Å². The maximum Gasteiger partial charge on any atom is 0.255 e. The van der Waals surface area contributed by atoms with Crippen molar-refractivity contribution in [2.24, 2.45) is 0 Å². The number of carbonyl (C=O) groups excluding carboxylic acids is 1. The molecule has 25 heavy (non-hydrogen) atoms. The van der Waals surface area contributed by atoms with Gasteiger partial charge in [0.2, 0.25) is 0 Å². The summed E-state index contributed by atoms with van der Waals surface area (Å²) in [5, 5.41) is 2.85. The lowest BCUT2D eigenvalue weighted by Gasteiger charge is -2.08. The highest BCUT2D eigenvalue weighted by Crippen LogP contribution is 2.17. The van der Waals surface area contributed by atoms with Crippen LogP contribution in [-0.2, 0) is 6.61 Å². The lowest BCUT2D eigenvalue weighted by molar-refractivity contribution is 0.102. The summed E-state index contributed by atoms with van der Waals surface area (Å²) in [5.74, 6) is 1.39. The van der Waals surface area contributed by atoms with E-state index in [4.69, 9.17) is 9.47 Å². The zero-order chi connectivity index (χ0) is 17.5. The van der Waals surface area contributed by atoms with Crippen LogP contribution in [-0.4, -0.2) is 13.0 Å². The Morgan fingerprint density at radius 3 is 2.12 bits per heavy atom. The van der Waals surface area contributed by atoms with E-state index in [1.54, 1.807) is 31.4 Å². The van der Waals surface area contributed by atoms with Crippen LogP contribution in [0.3, 0.4) is 0 Å². The number of nitrogens with one attached hydrogen (secondary N) is 1. The molecule has 0 aliphatic heterocycles. The van der Waals surface area contributed by atoms with Crippen molar-refractivity contribution in [2.45, 2.75) is 6.61 Å². The van der Waals surface area contributed by atoms with Crippen LogP contribution in [0.15, 0.2) is 78.9 Å². The first-order chi connectivity index (χ1) is 12.2. The van der Waals surface area contributed by atoms with Crippen LogP contribution in [0, 0.1) is 0 Å². The van der Waals surface area contributed by atoms with Crippen molar-refractivity contribution in [1.82, 2.24) is 0 Å². The molecular weight excluding hydrogens is 314 g/mol. The van der Waals surface area contributed by atoms with E-state index in [2.05, 4.69) is 5.32 Å². The van der Waals surface area contributed by atoms with E-state index < -0.39 is 0 Å². The van der Waals surface area contributed by atoms with Gasteiger partial charge in [-0.05, 0) is 54.1 Å². The fourth-order valence-electron chi connectivity index (χ4n) is 2.32.